The van der Waals surface area contributed by atoms with Crippen LogP contribution < -0.4 is 10.5 Å². The quantitative estimate of drug-likeness (QED) is 0.829. The zero-order chi connectivity index (χ0) is 13.0. The number of carboxylic acids is 1. The monoisotopic (exact) mass is 242 g/mol. The lowest BCUT2D eigenvalue weighted by Gasteiger charge is -2.11. The van der Waals surface area contributed by atoms with Crippen LogP contribution in [0.25, 0.3) is 0 Å². The van der Waals surface area contributed by atoms with Crippen LogP contribution in [0.15, 0.2) is 12.1 Å². The van der Waals surface area contributed by atoms with E-state index in [4.69, 9.17) is 16.1 Å². The van der Waals surface area contributed by atoms with Gasteiger partial charge in [0.2, 0.25) is 0 Å². The smallest absolute Gasteiger partial charge is 0.387 e. The number of hydrogen-bond donors (Lipinski definition) is 2. The number of hydrogen-bond acceptors (Lipinski definition) is 4. The van der Waals surface area contributed by atoms with Gasteiger partial charge < -0.3 is 15.6 Å². The molecule has 0 heterocycles. The number of nitrogens with two attached hydrogens (primary N) is 1. The highest BCUT2D eigenvalue weighted by Crippen LogP contribution is 2.25. The molecule has 1 aromatic carbocycles. The minimum Gasteiger partial charge on any atom is -0.478 e. The molecule has 17 heavy (non-hydrogen) atoms. The minimum atomic E-state index is -3.07. The molecule has 1 aromatic rings. The Kier molecular flexibility index (Phi) is 3.96. The molecule has 0 bridgehead atoms. The lowest BCUT2D eigenvalue weighted by atomic mass is 10.0. The average Bonchev–Trinajstić information content (AvgIpc) is 2.27. The number of nitrogens with zero attached hydrogens (tertiary/aromatic N) is 1. The number of alkyl halides is 2. The van der Waals surface area contributed by atoms with E-state index in [2.05, 4.69) is 4.74 Å². The van der Waals surface area contributed by atoms with Crippen LogP contribution >= 0.6 is 0 Å². The third-order valence-electron chi connectivity index (χ3n) is 1.99. The predicted molar refractivity (Wildman–Crippen MR) is 52.6 cm³/mol. The minimum absolute atomic E-state index is 0.0988. The Hall–Kier alpha value is -2.20. The Morgan fingerprint density at radius 1 is 1.59 bits per heavy atom. The molecule has 0 aromatic heterocycles. The summed E-state index contributed by atoms with van der Waals surface area (Å²) < 4.78 is 28.3. The first-order valence-corrected chi connectivity index (χ1v) is 4.44. The maximum absolute atomic E-state index is 12.1. The summed E-state index contributed by atoms with van der Waals surface area (Å²) in [5.41, 5.74) is 4.83. The summed E-state index contributed by atoms with van der Waals surface area (Å²) in [6.07, 6.45) is 0. The first kappa shape index (κ1) is 12.9. The predicted octanol–water partition coefficient (Wildman–Crippen LogP) is 1.32. The second kappa shape index (κ2) is 5.23. The van der Waals surface area contributed by atoms with Crippen molar-refractivity contribution in [2.24, 2.45) is 5.73 Å². The van der Waals surface area contributed by atoms with Crippen molar-refractivity contribution in [1.82, 2.24) is 0 Å². The van der Waals surface area contributed by atoms with Crippen molar-refractivity contribution in [2.45, 2.75) is 13.2 Å². The molecule has 0 aliphatic carbocycles. The van der Waals surface area contributed by atoms with Gasteiger partial charge in [0, 0.05) is 12.1 Å². The number of carbonyl (C=O) groups is 1. The number of nitriles is 1. The summed E-state index contributed by atoms with van der Waals surface area (Å²) in [5, 5.41) is 17.5. The summed E-state index contributed by atoms with van der Waals surface area (Å²) in [7, 11) is 0. The molecular formula is C10H8F2N2O3. The third-order valence-corrected chi connectivity index (χ3v) is 1.99. The maximum Gasteiger partial charge on any atom is 0.387 e. The molecule has 1 rings (SSSR count). The molecule has 0 aliphatic rings. The van der Waals surface area contributed by atoms with Crippen LogP contribution in [0.3, 0.4) is 0 Å². The number of benzene rings is 1. The fraction of sp³-hybridized carbons (Fsp3) is 0.200. The lowest BCUT2D eigenvalue weighted by Crippen LogP contribution is -2.10. The van der Waals surface area contributed by atoms with Crippen LogP contribution in [0.1, 0.15) is 21.5 Å². The topological polar surface area (TPSA) is 96.3 Å². The molecule has 0 spiro atoms. The van der Waals surface area contributed by atoms with Crippen LogP contribution in [-0.4, -0.2) is 17.7 Å². The van der Waals surface area contributed by atoms with Crippen molar-refractivity contribution >= 4 is 5.97 Å². The normalized spacial score (nSPS) is 10.1. The van der Waals surface area contributed by atoms with Gasteiger partial charge in [0.1, 0.15) is 11.8 Å². The van der Waals surface area contributed by atoms with Crippen molar-refractivity contribution < 1.29 is 23.4 Å². The van der Waals surface area contributed by atoms with E-state index in [9.17, 15) is 13.6 Å². The van der Waals surface area contributed by atoms with Gasteiger partial charge in [0.15, 0.2) is 0 Å². The highest BCUT2D eigenvalue weighted by Gasteiger charge is 2.17. The maximum atomic E-state index is 12.1. The largest absolute Gasteiger partial charge is 0.478 e. The van der Waals surface area contributed by atoms with Crippen LogP contribution in [0.2, 0.25) is 0 Å². The Bertz CT molecular complexity index is 483. The van der Waals surface area contributed by atoms with Gasteiger partial charge in [0.25, 0.3) is 0 Å². The van der Waals surface area contributed by atoms with E-state index in [1.165, 1.54) is 0 Å². The lowest BCUT2D eigenvalue weighted by molar-refractivity contribution is -0.0504. The molecule has 5 nitrogen and oxygen atoms in total. The van der Waals surface area contributed by atoms with Gasteiger partial charge >= 0.3 is 12.6 Å². The van der Waals surface area contributed by atoms with Crippen molar-refractivity contribution in [3.05, 3.63) is 28.8 Å². The van der Waals surface area contributed by atoms with Gasteiger partial charge in [-0.3, -0.25) is 0 Å². The SMILES string of the molecule is N#Cc1cc(OC(F)F)c(CN)cc1C(=O)O. The van der Waals surface area contributed by atoms with Crippen LogP contribution in [0.4, 0.5) is 8.78 Å². The molecule has 0 atom stereocenters. The number of carboxylic acid groups (broad SMARTS) is 1. The number of aromatic carboxylic acids is 1. The Morgan fingerprint density at radius 3 is 2.65 bits per heavy atom. The Balaban J connectivity index is 3.34. The van der Waals surface area contributed by atoms with E-state index in [1.807, 2.05) is 0 Å². The number of halogens is 2. The molecule has 3 N–H and O–H groups in total. The summed E-state index contributed by atoms with van der Waals surface area (Å²) in [6, 6.07) is 3.59. The van der Waals surface area contributed by atoms with E-state index in [0.29, 0.717) is 0 Å². The summed E-state index contributed by atoms with van der Waals surface area (Å²) in [4.78, 5) is 10.8. The molecule has 7 heteroatoms. The zero-order valence-corrected chi connectivity index (χ0v) is 8.48. The highest BCUT2D eigenvalue weighted by atomic mass is 19.3. The van der Waals surface area contributed by atoms with Crippen LogP contribution in [0, 0.1) is 11.3 Å². The first-order chi connectivity index (χ1) is 7.99. The summed E-state index contributed by atoms with van der Waals surface area (Å²) in [5.74, 6) is -1.62. The average molecular weight is 242 g/mol. The van der Waals surface area contributed by atoms with Gasteiger partial charge in [-0.1, -0.05) is 0 Å². The fourth-order valence-electron chi connectivity index (χ4n) is 1.26. The third kappa shape index (κ3) is 2.89. The first-order valence-electron chi connectivity index (χ1n) is 4.44. The number of ether oxygens (including phenoxy) is 1. The van der Waals surface area contributed by atoms with Gasteiger partial charge in [-0.15, -0.1) is 0 Å². The second-order valence-corrected chi connectivity index (χ2v) is 3.01. The van der Waals surface area contributed by atoms with Gasteiger partial charge in [-0.2, -0.15) is 14.0 Å². The van der Waals surface area contributed by atoms with E-state index in [1.54, 1.807) is 6.07 Å². The fourth-order valence-corrected chi connectivity index (χ4v) is 1.26. The van der Waals surface area contributed by atoms with Crippen molar-refractivity contribution in [2.75, 3.05) is 0 Å². The summed E-state index contributed by atoms with van der Waals surface area (Å²) in [6.45, 7) is -3.24. The van der Waals surface area contributed by atoms with Gasteiger partial charge in [-0.05, 0) is 12.1 Å². The Morgan fingerprint density at radius 2 is 2.24 bits per heavy atom. The van der Waals surface area contributed by atoms with Gasteiger partial charge in [0.05, 0.1) is 11.1 Å². The zero-order valence-electron chi connectivity index (χ0n) is 8.48. The van der Waals surface area contributed by atoms with Gasteiger partial charge in [-0.25, -0.2) is 4.79 Å². The van der Waals surface area contributed by atoms with E-state index in [-0.39, 0.29) is 29.0 Å². The molecule has 0 saturated carbocycles. The van der Waals surface area contributed by atoms with E-state index < -0.39 is 12.6 Å². The van der Waals surface area contributed by atoms with E-state index in [0.717, 1.165) is 12.1 Å². The van der Waals surface area contributed by atoms with Crippen molar-refractivity contribution in [1.29, 1.82) is 5.26 Å². The standard InChI is InChI=1S/C10H8F2N2O3/c11-10(12)17-8-2-5(3-13)7(9(15)16)1-6(8)4-14/h1-2,10H,4,14H2,(H,15,16). The molecule has 90 valence electrons. The molecule has 0 saturated heterocycles. The van der Waals surface area contributed by atoms with Crippen molar-refractivity contribution in [3.8, 4) is 11.8 Å². The van der Waals surface area contributed by atoms with Crippen LogP contribution in [-0.2, 0) is 6.54 Å². The molecule has 0 amide bonds. The second-order valence-electron chi connectivity index (χ2n) is 3.01. The Labute approximate surface area is 95.0 Å². The molecule has 0 aliphatic heterocycles. The van der Waals surface area contributed by atoms with Crippen LogP contribution in [0.5, 0.6) is 5.75 Å². The van der Waals surface area contributed by atoms with E-state index >= 15 is 0 Å². The molecule has 0 fully saturated rings. The molecule has 0 unspecified atom stereocenters. The van der Waals surface area contributed by atoms with Crippen molar-refractivity contribution in [3.63, 3.8) is 0 Å². The number of rotatable bonds is 4. The highest BCUT2D eigenvalue weighted by molar-refractivity contribution is 5.91. The summed E-state index contributed by atoms with van der Waals surface area (Å²) >= 11 is 0. The molecular weight excluding hydrogens is 234 g/mol. The molecule has 0 radical (unpaired) electrons.